The minimum Gasteiger partial charge on any atom is -0.258 e. The summed E-state index contributed by atoms with van der Waals surface area (Å²) in [7, 11) is -3.64. The Bertz CT molecular complexity index is 646. The zero-order valence-corrected chi connectivity index (χ0v) is 10.1. The van der Waals surface area contributed by atoms with Crippen molar-refractivity contribution in [1.82, 2.24) is 0 Å². The van der Waals surface area contributed by atoms with E-state index in [2.05, 4.69) is 0 Å². The minimum absolute atomic E-state index is 0.0181. The van der Waals surface area contributed by atoms with Crippen molar-refractivity contribution in [2.75, 3.05) is 0 Å². The van der Waals surface area contributed by atoms with Gasteiger partial charge in [-0.2, -0.15) is 0 Å². The van der Waals surface area contributed by atoms with Crippen molar-refractivity contribution >= 4 is 26.9 Å². The Balaban J connectivity index is 2.49. The fourth-order valence-electron chi connectivity index (χ4n) is 1.26. The standard InChI is InChI=1S/C10H7NO4S2/c12-11(13)8-6-10(16-7-8)17(14,15)9-4-2-1-3-5-9/h1-7H. The number of sulfone groups is 1. The molecule has 17 heavy (non-hydrogen) atoms. The van der Waals surface area contributed by atoms with Crippen LogP contribution in [0, 0.1) is 10.1 Å². The van der Waals surface area contributed by atoms with Crippen molar-refractivity contribution in [3.8, 4) is 0 Å². The van der Waals surface area contributed by atoms with Gasteiger partial charge < -0.3 is 0 Å². The zero-order valence-electron chi connectivity index (χ0n) is 8.44. The Hall–Kier alpha value is -1.73. The van der Waals surface area contributed by atoms with Crippen LogP contribution in [0.1, 0.15) is 0 Å². The molecule has 1 heterocycles. The second-order valence-electron chi connectivity index (χ2n) is 3.20. The van der Waals surface area contributed by atoms with Crippen molar-refractivity contribution < 1.29 is 13.3 Å². The van der Waals surface area contributed by atoms with E-state index in [-0.39, 0.29) is 14.8 Å². The molecule has 0 aliphatic heterocycles. The summed E-state index contributed by atoms with van der Waals surface area (Å²) < 4.78 is 24.1. The molecule has 0 radical (unpaired) electrons. The normalized spacial score (nSPS) is 11.3. The van der Waals surface area contributed by atoms with Crippen LogP contribution in [0.5, 0.6) is 0 Å². The Morgan fingerprint density at radius 1 is 1.18 bits per heavy atom. The Morgan fingerprint density at radius 3 is 2.35 bits per heavy atom. The molecule has 2 aromatic rings. The molecule has 0 amide bonds. The summed E-state index contributed by atoms with van der Waals surface area (Å²) in [6.45, 7) is 0. The first-order chi connectivity index (χ1) is 8.01. The second-order valence-corrected chi connectivity index (χ2v) is 6.29. The minimum atomic E-state index is -3.64. The van der Waals surface area contributed by atoms with Crippen LogP contribution in [-0.4, -0.2) is 13.3 Å². The first-order valence-electron chi connectivity index (χ1n) is 4.55. The number of nitro groups is 1. The number of thiophene rings is 1. The van der Waals surface area contributed by atoms with E-state index in [1.165, 1.54) is 17.5 Å². The lowest BCUT2D eigenvalue weighted by atomic mass is 10.4. The molecule has 0 aliphatic carbocycles. The highest BCUT2D eigenvalue weighted by molar-refractivity contribution is 7.93. The van der Waals surface area contributed by atoms with Gasteiger partial charge in [-0.05, 0) is 12.1 Å². The molecule has 0 bridgehead atoms. The summed E-state index contributed by atoms with van der Waals surface area (Å²) in [6.07, 6.45) is 0. The van der Waals surface area contributed by atoms with Crippen LogP contribution in [0.2, 0.25) is 0 Å². The van der Waals surface area contributed by atoms with Crippen molar-refractivity contribution in [2.24, 2.45) is 0 Å². The Labute approximate surface area is 101 Å². The largest absolute Gasteiger partial charge is 0.281 e. The van der Waals surface area contributed by atoms with Gasteiger partial charge in [0.25, 0.3) is 5.69 Å². The van der Waals surface area contributed by atoms with Gasteiger partial charge in [-0.3, -0.25) is 10.1 Å². The molecule has 0 aliphatic rings. The predicted octanol–water partition coefficient (Wildman–Crippen LogP) is 2.49. The smallest absolute Gasteiger partial charge is 0.258 e. The summed E-state index contributed by atoms with van der Waals surface area (Å²) in [5.41, 5.74) is -0.204. The van der Waals surface area contributed by atoms with Crippen LogP contribution in [0.3, 0.4) is 0 Å². The van der Waals surface area contributed by atoms with Gasteiger partial charge in [0.05, 0.1) is 15.2 Å². The summed E-state index contributed by atoms with van der Waals surface area (Å²) in [6, 6.07) is 8.91. The first kappa shape index (κ1) is 11.7. The number of hydrogen-bond acceptors (Lipinski definition) is 5. The van der Waals surface area contributed by atoms with Crippen LogP contribution in [0.4, 0.5) is 5.69 Å². The van der Waals surface area contributed by atoms with E-state index in [1.54, 1.807) is 18.2 Å². The summed E-state index contributed by atoms with van der Waals surface area (Å²) in [5.74, 6) is 0. The molecule has 7 heteroatoms. The van der Waals surface area contributed by atoms with E-state index in [9.17, 15) is 18.5 Å². The van der Waals surface area contributed by atoms with Gasteiger partial charge in [0.15, 0.2) is 0 Å². The van der Waals surface area contributed by atoms with E-state index in [4.69, 9.17) is 0 Å². The quantitative estimate of drug-likeness (QED) is 0.633. The fourth-order valence-corrected chi connectivity index (χ4v) is 3.80. The first-order valence-corrected chi connectivity index (χ1v) is 6.91. The van der Waals surface area contributed by atoms with E-state index in [0.717, 1.165) is 17.4 Å². The maximum absolute atomic E-state index is 12.1. The lowest BCUT2D eigenvalue weighted by molar-refractivity contribution is -0.384. The fraction of sp³-hybridized carbons (Fsp3) is 0. The molecule has 0 saturated heterocycles. The van der Waals surface area contributed by atoms with Crippen molar-refractivity contribution in [3.05, 3.63) is 51.9 Å². The lowest BCUT2D eigenvalue weighted by Gasteiger charge is -1.99. The van der Waals surface area contributed by atoms with Crippen LogP contribution in [-0.2, 0) is 9.84 Å². The third-order valence-corrected chi connectivity index (χ3v) is 5.29. The van der Waals surface area contributed by atoms with Crippen LogP contribution >= 0.6 is 11.3 Å². The van der Waals surface area contributed by atoms with Crippen molar-refractivity contribution in [2.45, 2.75) is 9.10 Å². The van der Waals surface area contributed by atoms with E-state index >= 15 is 0 Å². The molecule has 2 rings (SSSR count). The summed E-state index contributed by atoms with van der Waals surface area (Å²) >= 11 is 0.850. The average Bonchev–Trinajstić information content (AvgIpc) is 2.80. The monoisotopic (exact) mass is 269 g/mol. The SMILES string of the molecule is O=[N+]([O-])c1csc(S(=O)(=O)c2ccccc2)c1. The van der Waals surface area contributed by atoms with Crippen LogP contribution in [0.15, 0.2) is 50.9 Å². The highest BCUT2D eigenvalue weighted by Gasteiger charge is 2.22. The highest BCUT2D eigenvalue weighted by Crippen LogP contribution is 2.29. The molecular formula is C10H7NO4S2. The van der Waals surface area contributed by atoms with Gasteiger partial charge >= 0.3 is 0 Å². The molecule has 0 fully saturated rings. The van der Waals surface area contributed by atoms with Gasteiger partial charge in [-0.1, -0.05) is 18.2 Å². The molecule has 0 unspecified atom stereocenters. The number of benzene rings is 1. The second kappa shape index (κ2) is 4.27. The molecule has 0 saturated carbocycles. The number of nitrogens with zero attached hydrogens (tertiary/aromatic N) is 1. The van der Waals surface area contributed by atoms with Gasteiger partial charge in [0, 0.05) is 6.07 Å². The topological polar surface area (TPSA) is 77.3 Å². The molecule has 0 N–H and O–H groups in total. The van der Waals surface area contributed by atoms with Crippen molar-refractivity contribution in [3.63, 3.8) is 0 Å². The Kier molecular flexibility index (Phi) is 2.95. The molecule has 1 aromatic heterocycles. The van der Waals surface area contributed by atoms with Gasteiger partial charge in [0.2, 0.25) is 9.84 Å². The highest BCUT2D eigenvalue weighted by atomic mass is 32.2. The molecule has 1 aromatic carbocycles. The zero-order chi connectivity index (χ0) is 12.5. The maximum atomic E-state index is 12.1. The van der Waals surface area contributed by atoms with Crippen LogP contribution < -0.4 is 0 Å². The van der Waals surface area contributed by atoms with Gasteiger partial charge in [-0.25, -0.2) is 8.42 Å². The van der Waals surface area contributed by atoms with E-state index in [0.29, 0.717) is 0 Å². The molecular weight excluding hydrogens is 262 g/mol. The van der Waals surface area contributed by atoms with Crippen molar-refractivity contribution in [1.29, 1.82) is 0 Å². The van der Waals surface area contributed by atoms with Crippen LogP contribution in [0.25, 0.3) is 0 Å². The maximum Gasteiger partial charge on any atom is 0.281 e. The summed E-state index contributed by atoms with van der Waals surface area (Å²) in [5, 5.41) is 11.7. The third kappa shape index (κ3) is 2.20. The third-order valence-electron chi connectivity index (χ3n) is 2.09. The lowest BCUT2D eigenvalue weighted by Crippen LogP contribution is -1.98. The molecule has 88 valence electrons. The van der Waals surface area contributed by atoms with E-state index < -0.39 is 14.8 Å². The number of rotatable bonds is 3. The Morgan fingerprint density at radius 2 is 1.82 bits per heavy atom. The number of hydrogen-bond donors (Lipinski definition) is 0. The molecule has 0 spiro atoms. The van der Waals surface area contributed by atoms with Gasteiger partial charge in [-0.15, -0.1) is 11.3 Å². The van der Waals surface area contributed by atoms with E-state index in [1.807, 2.05) is 0 Å². The summed E-state index contributed by atoms with van der Waals surface area (Å²) in [4.78, 5) is 10.0. The average molecular weight is 269 g/mol. The van der Waals surface area contributed by atoms with Gasteiger partial charge in [0.1, 0.15) is 4.21 Å². The predicted molar refractivity (Wildman–Crippen MR) is 62.9 cm³/mol. The molecule has 5 nitrogen and oxygen atoms in total. The molecule has 0 atom stereocenters.